The van der Waals surface area contributed by atoms with Gasteiger partial charge in [0.25, 0.3) is 5.56 Å². The molecule has 0 bridgehead atoms. The van der Waals surface area contributed by atoms with Crippen LogP contribution in [0.3, 0.4) is 0 Å². The van der Waals surface area contributed by atoms with Gasteiger partial charge in [-0.25, -0.2) is 4.98 Å². The van der Waals surface area contributed by atoms with Gasteiger partial charge in [-0.1, -0.05) is 36.9 Å². The van der Waals surface area contributed by atoms with E-state index < -0.39 is 0 Å². The van der Waals surface area contributed by atoms with E-state index in [1.165, 1.54) is 22.2 Å². The lowest BCUT2D eigenvalue weighted by Gasteiger charge is -2.11. The van der Waals surface area contributed by atoms with E-state index in [0.29, 0.717) is 17.3 Å². The number of nitrogens with zero attached hydrogens (tertiary/aromatic N) is 2. The average Bonchev–Trinajstić information content (AvgIpc) is 2.99. The highest BCUT2D eigenvalue weighted by atomic mass is 35.5. The molecule has 0 spiro atoms. The minimum absolute atomic E-state index is 0.115. The minimum atomic E-state index is 0.115. The SMILES string of the molecule is C=C(Cl)CSc1nc2sc3c(c2c(=O)n1CCC)CCC3. The number of halogens is 1. The molecule has 2 aromatic heterocycles. The van der Waals surface area contributed by atoms with Crippen LogP contribution in [0.2, 0.25) is 0 Å². The zero-order valence-corrected chi connectivity index (χ0v) is 14.3. The lowest BCUT2D eigenvalue weighted by molar-refractivity contribution is 0.585. The molecule has 1 aliphatic carbocycles. The minimum Gasteiger partial charge on any atom is -0.287 e. The molecule has 0 amide bonds. The molecule has 0 aromatic carbocycles. The van der Waals surface area contributed by atoms with Gasteiger partial charge < -0.3 is 0 Å². The molecule has 3 rings (SSSR count). The van der Waals surface area contributed by atoms with E-state index in [9.17, 15) is 4.79 Å². The molecule has 6 heteroatoms. The smallest absolute Gasteiger partial charge is 0.263 e. The van der Waals surface area contributed by atoms with Crippen LogP contribution >= 0.6 is 34.7 Å². The third-order valence-corrected chi connectivity index (χ3v) is 6.14. The second kappa shape index (κ2) is 6.15. The Balaban J connectivity index is 2.16. The fraction of sp³-hybridized carbons (Fsp3) is 0.467. The molecule has 0 aliphatic heterocycles. The maximum atomic E-state index is 12.9. The molecule has 2 heterocycles. The highest BCUT2D eigenvalue weighted by Crippen LogP contribution is 2.35. The van der Waals surface area contributed by atoms with Crippen LogP contribution in [0.15, 0.2) is 21.6 Å². The average molecular weight is 341 g/mol. The van der Waals surface area contributed by atoms with Crippen molar-refractivity contribution in [3.8, 4) is 0 Å². The molecule has 0 fully saturated rings. The topological polar surface area (TPSA) is 34.9 Å². The number of thiophene rings is 1. The van der Waals surface area contributed by atoms with Crippen LogP contribution in [-0.4, -0.2) is 15.3 Å². The molecule has 0 radical (unpaired) electrons. The van der Waals surface area contributed by atoms with Crippen molar-refractivity contribution >= 4 is 44.9 Å². The molecule has 2 aromatic rings. The maximum Gasteiger partial charge on any atom is 0.263 e. The Labute approximate surface area is 137 Å². The third kappa shape index (κ3) is 2.79. The number of thioether (sulfide) groups is 1. The van der Waals surface area contributed by atoms with Gasteiger partial charge in [-0.2, -0.15) is 0 Å². The van der Waals surface area contributed by atoms with E-state index in [-0.39, 0.29) is 5.56 Å². The van der Waals surface area contributed by atoms with Crippen LogP contribution in [0, 0.1) is 0 Å². The molecular weight excluding hydrogens is 324 g/mol. The van der Waals surface area contributed by atoms with Gasteiger partial charge in [0.05, 0.1) is 5.39 Å². The van der Waals surface area contributed by atoms with Crippen molar-refractivity contribution in [2.75, 3.05) is 5.75 Å². The van der Waals surface area contributed by atoms with Gasteiger partial charge in [0.2, 0.25) is 0 Å². The van der Waals surface area contributed by atoms with Crippen molar-refractivity contribution in [1.29, 1.82) is 0 Å². The van der Waals surface area contributed by atoms with E-state index in [1.807, 2.05) is 0 Å². The number of aromatic nitrogens is 2. The summed E-state index contributed by atoms with van der Waals surface area (Å²) in [4.78, 5) is 19.8. The highest BCUT2D eigenvalue weighted by molar-refractivity contribution is 7.99. The molecule has 0 atom stereocenters. The summed E-state index contributed by atoms with van der Waals surface area (Å²) in [6.45, 7) is 6.47. The van der Waals surface area contributed by atoms with Crippen molar-refractivity contribution in [3.63, 3.8) is 0 Å². The number of rotatable bonds is 5. The Bertz CT molecular complexity index is 763. The second-order valence-electron chi connectivity index (χ2n) is 5.19. The van der Waals surface area contributed by atoms with Crippen LogP contribution in [0.5, 0.6) is 0 Å². The maximum absolute atomic E-state index is 12.9. The molecule has 1 aliphatic rings. The molecular formula is C15H17ClN2OS2. The van der Waals surface area contributed by atoms with Gasteiger partial charge >= 0.3 is 0 Å². The van der Waals surface area contributed by atoms with Crippen molar-refractivity contribution < 1.29 is 0 Å². The van der Waals surface area contributed by atoms with Gasteiger partial charge in [-0.05, 0) is 31.2 Å². The summed E-state index contributed by atoms with van der Waals surface area (Å²) in [5.74, 6) is 0.578. The molecule has 21 heavy (non-hydrogen) atoms. The van der Waals surface area contributed by atoms with E-state index in [2.05, 4.69) is 13.5 Å². The number of hydrogen-bond donors (Lipinski definition) is 0. The van der Waals surface area contributed by atoms with Gasteiger partial charge in [-0.3, -0.25) is 9.36 Å². The summed E-state index contributed by atoms with van der Waals surface area (Å²) < 4.78 is 1.80. The zero-order valence-electron chi connectivity index (χ0n) is 11.9. The predicted octanol–water partition coefficient (Wildman–Crippen LogP) is 4.20. The van der Waals surface area contributed by atoms with E-state index >= 15 is 0 Å². The Morgan fingerprint density at radius 3 is 3.05 bits per heavy atom. The fourth-order valence-corrected chi connectivity index (χ4v) is 4.98. The summed E-state index contributed by atoms with van der Waals surface area (Å²) in [7, 11) is 0. The van der Waals surface area contributed by atoms with Crippen molar-refractivity contribution in [3.05, 3.63) is 32.4 Å². The molecule has 0 saturated heterocycles. The summed E-state index contributed by atoms with van der Waals surface area (Å²) >= 11 is 9.02. The molecule has 0 N–H and O–H groups in total. The lowest BCUT2D eigenvalue weighted by atomic mass is 10.2. The Kier molecular flexibility index (Phi) is 4.43. The van der Waals surface area contributed by atoms with E-state index in [4.69, 9.17) is 16.6 Å². The predicted molar refractivity (Wildman–Crippen MR) is 91.9 cm³/mol. The summed E-state index contributed by atoms with van der Waals surface area (Å²) in [5, 5.41) is 2.19. The first-order valence-electron chi connectivity index (χ1n) is 7.13. The van der Waals surface area contributed by atoms with Crippen molar-refractivity contribution in [2.24, 2.45) is 0 Å². The monoisotopic (exact) mass is 340 g/mol. The molecule has 3 nitrogen and oxygen atoms in total. The van der Waals surface area contributed by atoms with Crippen LogP contribution in [0.4, 0.5) is 0 Å². The Hall–Kier alpha value is -0.780. The summed E-state index contributed by atoms with van der Waals surface area (Å²) in [6, 6.07) is 0. The van der Waals surface area contributed by atoms with Crippen molar-refractivity contribution in [2.45, 2.75) is 44.3 Å². The standard InChI is InChI=1S/C15H17ClN2OS2/c1-3-7-18-14(19)12-10-5-4-6-11(10)21-13(12)17-15(18)20-8-9(2)16/h2-8H2,1H3. The molecule has 0 saturated carbocycles. The molecule has 0 unspecified atom stereocenters. The van der Waals surface area contributed by atoms with Gasteiger partial charge in [-0.15, -0.1) is 11.3 Å². The number of aryl methyl sites for hydroxylation is 2. The van der Waals surface area contributed by atoms with Gasteiger partial charge in [0.1, 0.15) is 4.83 Å². The number of fused-ring (bicyclic) bond motifs is 3. The zero-order chi connectivity index (χ0) is 15.0. The quantitative estimate of drug-likeness (QED) is 0.604. The first kappa shape index (κ1) is 15.1. The van der Waals surface area contributed by atoms with Gasteiger partial charge in [0, 0.05) is 22.2 Å². The lowest BCUT2D eigenvalue weighted by Crippen LogP contribution is -2.23. The second-order valence-corrected chi connectivity index (χ2v) is 7.76. The summed E-state index contributed by atoms with van der Waals surface area (Å²) in [6.07, 6.45) is 4.18. The first-order chi connectivity index (χ1) is 10.1. The third-order valence-electron chi connectivity index (χ3n) is 3.59. The Morgan fingerprint density at radius 2 is 2.33 bits per heavy atom. The van der Waals surface area contributed by atoms with Crippen LogP contribution < -0.4 is 5.56 Å². The normalized spacial score (nSPS) is 13.8. The fourth-order valence-electron chi connectivity index (χ4n) is 2.73. The highest BCUT2D eigenvalue weighted by Gasteiger charge is 2.23. The largest absolute Gasteiger partial charge is 0.287 e. The van der Waals surface area contributed by atoms with E-state index in [0.717, 1.165) is 41.1 Å². The Morgan fingerprint density at radius 1 is 1.52 bits per heavy atom. The summed E-state index contributed by atoms with van der Waals surface area (Å²) in [5.41, 5.74) is 1.36. The van der Waals surface area contributed by atoms with E-state index in [1.54, 1.807) is 15.9 Å². The first-order valence-corrected chi connectivity index (χ1v) is 9.31. The number of hydrogen-bond acceptors (Lipinski definition) is 4. The molecule has 112 valence electrons. The van der Waals surface area contributed by atoms with Gasteiger partial charge in [0.15, 0.2) is 5.16 Å². The van der Waals surface area contributed by atoms with Crippen LogP contribution in [0.25, 0.3) is 10.2 Å². The van der Waals surface area contributed by atoms with Crippen LogP contribution in [0.1, 0.15) is 30.2 Å². The van der Waals surface area contributed by atoms with Crippen LogP contribution in [-0.2, 0) is 19.4 Å². The van der Waals surface area contributed by atoms with Crippen molar-refractivity contribution in [1.82, 2.24) is 9.55 Å².